The van der Waals surface area contributed by atoms with E-state index in [1.54, 1.807) is 36.7 Å². The summed E-state index contributed by atoms with van der Waals surface area (Å²) in [5.41, 5.74) is 1.66. The lowest BCUT2D eigenvalue weighted by Crippen LogP contribution is -2.15. The van der Waals surface area contributed by atoms with E-state index < -0.39 is 5.82 Å². The number of carbonyl (C=O) groups is 2. The Kier molecular flexibility index (Phi) is 7.22. The van der Waals surface area contributed by atoms with Crippen LogP contribution in [0.3, 0.4) is 0 Å². The van der Waals surface area contributed by atoms with Crippen molar-refractivity contribution in [3.05, 3.63) is 52.8 Å². The standard InChI is InChI=1S/C20H19BrFN5O2S/c1-3-17(28)23-14-7-4-12(5-8-14)19-25-26-20(27(19)2)30-11-18(29)24-16-9-6-13(21)10-15(16)22/h4-10H,3,11H2,1-2H3,(H,23,28)(H,24,29). The average Bonchev–Trinajstić information content (AvgIpc) is 3.09. The Balaban J connectivity index is 1.62. The van der Waals surface area contributed by atoms with Gasteiger partial charge in [-0.05, 0) is 42.5 Å². The van der Waals surface area contributed by atoms with Crippen LogP contribution in [0.2, 0.25) is 0 Å². The van der Waals surface area contributed by atoms with Crippen LogP contribution in [-0.2, 0) is 16.6 Å². The third-order valence-electron chi connectivity index (χ3n) is 4.12. The summed E-state index contributed by atoms with van der Waals surface area (Å²) in [6, 6.07) is 11.7. The molecule has 0 unspecified atom stereocenters. The van der Waals surface area contributed by atoms with Crippen molar-refractivity contribution in [1.82, 2.24) is 14.8 Å². The Morgan fingerprint density at radius 1 is 1.10 bits per heavy atom. The number of anilines is 2. The van der Waals surface area contributed by atoms with E-state index in [0.29, 0.717) is 27.6 Å². The van der Waals surface area contributed by atoms with Gasteiger partial charge in [-0.2, -0.15) is 0 Å². The molecule has 0 aliphatic carbocycles. The van der Waals surface area contributed by atoms with E-state index in [2.05, 4.69) is 36.8 Å². The van der Waals surface area contributed by atoms with E-state index in [1.807, 2.05) is 12.1 Å². The maximum absolute atomic E-state index is 13.8. The van der Waals surface area contributed by atoms with Crippen LogP contribution in [0.4, 0.5) is 15.8 Å². The molecule has 3 aromatic rings. The first kappa shape index (κ1) is 22.0. The molecule has 0 bridgehead atoms. The second-order valence-electron chi connectivity index (χ2n) is 6.31. The van der Waals surface area contributed by atoms with E-state index in [1.165, 1.54) is 23.9 Å². The summed E-state index contributed by atoms with van der Waals surface area (Å²) in [4.78, 5) is 23.6. The number of hydrogen-bond acceptors (Lipinski definition) is 5. The second-order valence-corrected chi connectivity index (χ2v) is 8.16. The smallest absolute Gasteiger partial charge is 0.234 e. The van der Waals surface area contributed by atoms with E-state index in [9.17, 15) is 14.0 Å². The number of rotatable bonds is 7. The first-order valence-corrected chi connectivity index (χ1v) is 10.8. The van der Waals surface area contributed by atoms with E-state index in [4.69, 9.17) is 0 Å². The number of nitrogens with one attached hydrogen (secondary N) is 2. The van der Waals surface area contributed by atoms with Gasteiger partial charge in [-0.25, -0.2) is 4.39 Å². The van der Waals surface area contributed by atoms with Crippen molar-refractivity contribution in [3.8, 4) is 11.4 Å². The van der Waals surface area contributed by atoms with Gasteiger partial charge in [0.15, 0.2) is 11.0 Å². The van der Waals surface area contributed by atoms with E-state index in [0.717, 1.165) is 5.56 Å². The van der Waals surface area contributed by atoms with Gasteiger partial charge in [0.05, 0.1) is 11.4 Å². The molecule has 7 nitrogen and oxygen atoms in total. The zero-order chi connectivity index (χ0) is 21.7. The molecule has 0 spiro atoms. The molecule has 0 saturated heterocycles. The van der Waals surface area contributed by atoms with Gasteiger partial charge in [0, 0.05) is 29.2 Å². The molecule has 0 fully saturated rings. The van der Waals surface area contributed by atoms with Crippen molar-refractivity contribution in [1.29, 1.82) is 0 Å². The van der Waals surface area contributed by atoms with Gasteiger partial charge in [0.1, 0.15) is 5.82 Å². The largest absolute Gasteiger partial charge is 0.326 e. The second kappa shape index (κ2) is 9.86. The van der Waals surface area contributed by atoms with Gasteiger partial charge in [0.25, 0.3) is 0 Å². The number of aromatic nitrogens is 3. The van der Waals surface area contributed by atoms with Gasteiger partial charge >= 0.3 is 0 Å². The molecular weight excluding hydrogens is 473 g/mol. The molecule has 2 aromatic carbocycles. The molecule has 1 aromatic heterocycles. The first-order chi connectivity index (χ1) is 14.4. The van der Waals surface area contributed by atoms with Crippen LogP contribution < -0.4 is 10.6 Å². The Hall–Kier alpha value is -2.72. The van der Waals surface area contributed by atoms with Crippen LogP contribution in [0.15, 0.2) is 52.1 Å². The summed E-state index contributed by atoms with van der Waals surface area (Å²) in [7, 11) is 1.80. The molecule has 10 heteroatoms. The Labute approximate surface area is 185 Å². The summed E-state index contributed by atoms with van der Waals surface area (Å²) in [6.07, 6.45) is 0.410. The lowest BCUT2D eigenvalue weighted by atomic mass is 10.2. The number of benzene rings is 2. The van der Waals surface area contributed by atoms with Crippen LogP contribution in [0.5, 0.6) is 0 Å². The van der Waals surface area contributed by atoms with Crippen LogP contribution in [0, 0.1) is 5.82 Å². The highest BCUT2D eigenvalue weighted by Gasteiger charge is 2.14. The fourth-order valence-corrected chi connectivity index (χ4v) is 3.60. The maximum atomic E-state index is 13.8. The molecule has 2 amide bonds. The number of carbonyl (C=O) groups excluding carboxylic acids is 2. The van der Waals surface area contributed by atoms with Crippen LogP contribution in [0.25, 0.3) is 11.4 Å². The number of halogens is 2. The fourth-order valence-electron chi connectivity index (χ4n) is 2.55. The predicted octanol–water partition coefficient (Wildman–Crippen LogP) is 4.46. The van der Waals surface area contributed by atoms with Crippen LogP contribution >= 0.6 is 27.7 Å². The predicted molar refractivity (Wildman–Crippen MR) is 119 cm³/mol. The molecule has 30 heavy (non-hydrogen) atoms. The molecule has 0 saturated carbocycles. The Morgan fingerprint density at radius 3 is 2.50 bits per heavy atom. The Bertz CT molecular complexity index is 1070. The Morgan fingerprint density at radius 2 is 1.83 bits per heavy atom. The highest BCUT2D eigenvalue weighted by molar-refractivity contribution is 9.10. The van der Waals surface area contributed by atoms with Crippen molar-refractivity contribution >= 4 is 50.9 Å². The topological polar surface area (TPSA) is 88.9 Å². The molecule has 1 heterocycles. The number of hydrogen-bond donors (Lipinski definition) is 2. The van der Waals surface area contributed by atoms with Crippen LogP contribution in [0.1, 0.15) is 13.3 Å². The summed E-state index contributed by atoms with van der Waals surface area (Å²) < 4.78 is 16.2. The number of nitrogens with zero attached hydrogens (tertiary/aromatic N) is 3. The SMILES string of the molecule is CCC(=O)Nc1ccc(-c2nnc(SCC(=O)Nc3ccc(Br)cc3F)n2C)cc1. The first-order valence-electron chi connectivity index (χ1n) is 9.04. The number of thioether (sulfide) groups is 1. The average molecular weight is 492 g/mol. The van der Waals surface area contributed by atoms with E-state index >= 15 is 0 Å². The van der Waals surface area contributed by atoms with Crippen molar-refractivity contribution in [3.63, 3.8) is 0 Å². The third kappa shape index (κ3) is 5.45. The van der Waals surface area contributed by atoms with E-state index in [-0.39, 0.29) is 23.3 Å². The van der Waals surface area contributed by atoms with Gasteiger partial charge < -0.3 is 15.2 Å². The van der Waals surface area contributed by atoms with Crippen molar-refractivity contribution < 1.29 is 14.0 Å². The van der Waals surface area contributed by atoms with Gasteiger partial charge in [0.2, 0.25) is 11.8 Å². The third-order valence-corrected chi connectivity index (χ3v) is 5.63. The lowest BCUT2D eigenvalue weighted by Gasteiger charge is -2.07. The van der Waals surface area contributed by atoms with Gasteiger partial charge in [-0.15, -0.1) is 10.2 Å². The summed E-state index contributed by atoms with van der Waals surface area (Å²) >= 11 is 4.38. The van der Waals surface area contributed by atoms with Gasteiger partial charge in [-0.3, -0.25) is 9.59 Å². The zero-order valence-electron chi connectivity index (χ0n) is 16.3. The minimum absolute atomic E-state index is 0.0543. The van der Waals surface area contributed by atoms with Crippen molar-refractivity contribution in [2.75, 3.05) is 16.4 Å². The molecule has 156 valence electrons. The summed E-state index contributed by atoms with van der Waals surface area (Å²) in [6.45, 7) is 1.79. The highest BCUT2D eigenvalue weighted by atomic mass is 79.9. The fraction of sp³-hybridized carbons (Fsp3) is 0.200. The monoisotopic (exact) mass is 491 g/mol. The molecule has 3 rings (SSSR count). The number of amides is 2. The van der Waals surface area contributed by atoms with Gasteiger partial charge in [-0.1, -0.05) is 34.6 Å². The molecule has 0 aliphatic heterocycles. The normalized spacial score (nSPS) is 10.7. The summed E-state index contributed by atoms with van der Waals surface area (Å²) in [5.74, 6) is -0.223. The highest BCUT2D eigenvalue weighted by Crippen LogP contribution is 2.25. The van der Waals surface area contributed by atoms with Crippen molar-refractivity contribution in [2.24, 2.45) is 7.05 Å². The lowest BCUT2D eigenvalue weighted by molar-refractivity contribution is -0.116. The maximum Gasteiger partial charge on any atom is 0.234 e. The molecular formula is C20H19BrFN5O2S. The molecule has 2 N–H and O–H groups in total. The summed E-state index contributed by atoms with van der Waals surface area (Å²) in [5, 5.41) is 14.2. The minimum atomic E-state index is -0.512. The minimum Gasteiger partial charge on any atom is -0.326 e. The van der Waals surface area contributed by atoms with Crippen LogP contribution in [-0.4, -0.2) is 32.3 Å². The van der Waals surface area contributed by atoms with Crippen molar-refractivity contribution in [2.45, 2.75) is 18.5 Å². The quantitative estimate of drug-likeness (QED) is 0.476. The molecule has 0 atom stereocenters. The zero-order valence-corrected chi connectivity index (χ0v) is 18.7. The molecule has 0 radical (unpaired) electrons. The molecule has 0 aliphatic rings.